The monoisotopic (exact) mass is 562 g/mol. The number of rotatable bonds is 7. The fraction of sp³-hybridized carbons (Fsp3) is 0.826. The van der Waals surface area contributed by atoms with Crippen LogP contribution in [0.5, 0.6) is 0 Å². The predicted octanol–water partition coefficient (Wildman–Crippen LogP) is 5.17. The molecule has 1 fully saturated rings. The molecule has 1 saturated heterocycles. The van der Waals surface area contributed by atoms with Gasteiger partial charge in [-0.1, -0.05) is 64.4 Å². The molecule has 0 bridgehead atoms. The standard InChI is InChI=1S/C23H43BrN2O5Si2/c1-12-23(26-14-13-17(27)25-20(26)28)19(24)18(31-33(10,11)22(5,6)7)16(30-23)15-29-32(8,9)21(2,3)4/h13-14,16,18-19H,12,15H2,1-11H3,(H,25,27,28)/t16-,18-,19+,23-/m1/s1. The number of nitrogens with one attached hydrogen (secondary N) is 1. The van der Waals surface area contributed by atoms with E-state index in [9.17, 15) is 9.59 Å². The molecule has 0 saturated carbocycles. The lowest BCUT2D eigenvalue weighted by Crippen LogP contribution is -2.52. The normalized spacial score (nSPS) is 27.2. The van der Waals surface area contributed by atoms with E-state index in [1.807, 2.05) is 6.92 Å². The predicted molar refractivity (Wildman–Crippen MR) is 142 cm³/mol. The third-order valence-corrected chi connectivity index (χ3v) is 18.0. The molecule has 1 aromatic heterocycles. The van der Waals surface area contributed by atoms with Crippen LogP contribution in [0.4, 0.5) is 0 Å². The second-order valence-corrected chi connectivity index (χ2v) is 22.7. The van der Waals surface area contributed by atoms with Crippen LogP contribution in [0.2, 0.25) is 36.3 Å². The maximum atomic E-state index is 12.8. The largest absolute Gasteiger partial charge is 0.414 e. The molecule has 0 aromatic carbocycles. The molecule has 2 heterocycles. The molecule has 1 aliphatic rings. The van der Waals surface area contributed by atoms with Gasteiger partial charge >= 0.3 is 5.69 Å². The number of halogens is 1. The Morgan fingerprint density at radius 1 is 1.09 bits per heavy atom. The fourth-order valence-electron chi connectivity index (χ4n) is 3.48. The summed E-state index contributed by atoms with van der Waals surface area (Å²) in [6, 6.07) is 1.35. The van der Waals surface area contributed by atoms with Crippen molar-refractivity contribution in [3.63, 3.8) is 0 Å². The van der Waals surface area contributed by atoms with Gasteiger partial charge in [0.15, 0.2) is 22.4 Å². The van der Waals surface area contributed by atoms with Crippen molar-refractivity contribution in [1.29, 1.82) is 0 Å². The van der Waals surface area contributed by atoms with Crippen LogP contribution in [-0.2, 0) is 19.3 Å². The molecule has 1 aromatic rings. The van der Waals surface area contributed by atoms with Crippen LogP contribution in [0.1, 0.15) is 54.9 Å². The number of ether oxygens (including phenoxy) is 1. The highest BCUT2D eigenvalue weighted by Crippen LogP contribution is 2.47. The van der Waals surface area contributed by atoms with Gasteiger partial charge in [-0.2, -0.15) is 0 Å². The summed E-state index contributed by atoms with van der Waals surface area (Å²) < 4.78 is 21.6. The van der Waals surface area contributed by atoms with E-state index in [2.05, 4.69) is 88.6 Å². The SMILES string of the molecule is CC[C@@]1(n2ccc(=O)[nH]c2=O)O[C@H](CO[Si](C)(C)C(C)(C)C)[C@@H](O[Si](C)(C)C(C)(C)C)[C@@H]1Br. The van der Waals surface area contributed by atoms with Crippen molar-refractivity contribution in [2.75, 3.05) is 6.61 Å². The van der Waals surface area contributed by atoms with Crippen LogP contribution < -0.4 is 11.2 Å². The van der Waals surface area contributed by atoms with Gasteiger partial charge in [-0.3, -0.25) is 14.3 Å². The Balaban J connectivity index is 2.52. The molecule has 190 valence electrons. The van der Waals surface area contributed by atoms with E-state index in [-0.39, 0.29) is 27.1 Å². The highest BCUT2D eigenvalue weighted by atomic mass is 79.9. The van der Waals surface area contributed by atoms with E-state index in [1.54, 1.807) is 0 Å². The first-order chi connectivity index (χ1) is 14.8. The van der Waals surface area contributed by atoms with E-state index in [4.69, 9.17) is 13.6 Å². The van der Waals surface area contributed by atoms with E-state index >= 15 is 0 Å². The van der Waals surface area contributed by atoms with Gasteiger partial charge in [0, 0.05) is 12.3 Å². The quantitative estimate of drug-likeness (QED) is 0.366. The molecule has 0 spiro atoms. The highest BCUT2D eigenvalue weighted by Gasteiger charge is 2.58. The highest BCUT2D eigenvalue weighted by molar-refractivity contribution is 9.09. The Morgan fingerprint density at radius 3 is 2.09 bits per heavy atom. The zero-order valence-electron chi connectivity index (χ0n) is 22.2. The Labute approximate surface area is 209 Å². The lowest BCUT2D eigenvalue weighted by molar-refractivity contribution is -0.117. The zero-order valence-corrected chi connectivity index (χ0v) is 25.8. The van der Waals surface area contributed by atoms with Crippen LogP contribution in [-0.4, -0.2) is 49.8 Å². The number of aromatic nitrogens is 2. The molecule has 2 rings (SSSR count). The lowest BCUT2D eigenvalue weighted by Gasteiger charge is -2.41. The van der Waals surface area contributed by atoms with Gasteiger partial charge in [-0.05, 0) is 42.7 Å². The first kappa shape index (κ1) is 28.7. The topological polar surface area (TPSA) is 82.6 Å². The van der Waals surface area contributed by atoms with E-state index in [0.717, 1.165) is 0 Å². The second kappa shape index (κ2) is 9.50. The molecule has 1 aliphatic heterocycles. The molecule has 0 unspecified atom stereocenters. The number of hydrogen-bond donors (Lipinski definition) is 1. The van der Waals surface area contributed by atoms with Crippen molar-refractivity contribution in [3.8, 4) is 0 Å². The Bertz CT molecular complexity index is 948. The first-order valence-electron chi connectivity index (χ1n) is 11.8. The molecular weight excluding hydrogens is 520 g/mol. The minimum absolute atomic E-state index is 0.0108. The van der Waals surface area contributed by atoms with Crippen LogP contribution in [0, 0.1) is 0 Å². The van der Waals surface area contributed by atoms with Crippen LogP contribution in [0.25, 0.3) is 0 Å². The maximum absolute atomic E-state index is 12.8. The summed E-state index contributed by atoms with van der Waals surface area (Å²) >= 11 is 3.87. The van der Waals surface area contributed by atoms with E-state index in [0.29, 0.717) is 13.0 Å². The molecule has 0 amide bonds. The van der Waals surface area contributed by atoms with Gasteiger partial charge in [0.25, 0.3) is 5.56 Å². The summed E-state index contributed by atoms with van der Waals surface area (Å²) in [5, 5.41) is 0.0732. The van der Waals surface area contributed by atoms with Gasteiger partial charge in [0.05, 0.1) is 17.5 Å². The molecule has 4 atom stereocenters. The van der Waals surface area contributed by atoms with Gasteiger partial charge < -0.3 is 13.6 Å². The number of nitrogens with zero attached hydrogens (tertiary/aromatic N) is 1. The number of hydrogen-bond acceptors (Lipinski definition) is 5. The minimum atomic E-state index is -2.16. The van der Waals surface area contributed by atoms with Gasteiger partial charge in [0.1, 0.15) is 6.10 Å². The number of alkyl halides is 1. The first-order valence-corrected chi connectivity index (χ1v) is 18.5. The maximum Gasteiger partial charge on any atom is 0.330 e. The average Bonchev–Trinajstić information content (AvgIpc) is 2.90. The summed E-state index contributed by atoms with van der Waals surface area (Å²) in [6.07, 6.45) is 1.35. The fourth-order valence-corrected chi connectivity index (χ4v) is 7.12. The van der Waals surface area contributed by atoms with Crippen molar-refractivity contribution >= 4 is 32.6 Å². The lowest BCUT2D eigenvalue weighted by atomic mass is 10.0. The van der Waals surface area contributed by atoms with Crippen molar-refractivity contribution in [1.82, 2.24) is 9.55 Å². The van der Waals surface area contributed by atoms with Crippen molar-refractivity contribution in [2.24, 2.45) is 0 Å². The van der Waals surface area contributed by atoms with E-state index in [1.165, 1.54) is 16.8 Å². The van der Waals surface area contributed by atoms with Gasteiger partial charge in [-0.15, -0.1) is 0 Å². The van der Waals surface area contributed by atoms with Crippen molar-refractivity contribution in [3.05, 3.63) is 33.1 Å². The third-order valence-electron chi connectivity index (χ3n) is 7.83. The molecule has 0 aliphatic carbocycles. The molecule has 0 radical (unpaired) electrons. The molecule has 33 heavy (non-hydrogen) atoms. The molecule has 7 nitrogen and oxygen atoms in total. The molecule has 10 heteroatoms. The smallest absolute Gasteiger partial charge is 0.330 e. The second-order valence-electron chi connectivity index (χ2n) is 12.2. The summed E-state index contributed by atoms with van der Waals surface area (Å²) in [5.74, 6) is 0. The van der Waals surface area contributed by atoms with Crippen molar-refractivity contribution < 1.29 is 13.6 Å². The third kappa shape index (κ3) is 5.66. The van der Waals surface area contributed by atoms with Gasteiger partial charge in [0.2, 0.25) is 0 Å². The zero-order chi connectivity index (χ0) is 25.6. The minimum Gasteiger partial charge on any atom is -0.414 e. The summed E-state index contributed by atoms with van der Waals surface area (Å²) in [5.41, 5.74) is -1.93. The van der Waals surface area contributed by atoms with Crippen LogP contribution in [0.3, 0.4) is 0 Å². The average molecular weight is 564 g/mol. The van der Waals surface area contributed by atoms with Crippen LogP contribution in [0.15, 0.2) is 21.9 Å². The Morgan fingerprint density at radius 2 is 1.64 bits per heavy atom. The number of aromatic amines is 1. The summed E-state index contributed by atoms with van der Waals surface area (Å²) in [4.78, 5) is 26.6. The Kier molecular flexibility index (Phi) is 8.26. The molecule has 1 N–H and O–H groups in total. The molecular formula is C23H43BrN2O5Si2. The van der Waals surface area contributed by atoms with Crippen LogP contribution >= 0.6 is 15.9 Å². The number of H-pyrrole nitrogens is 1. The van der Waals surface area contributed by atoms with Gasteiger partial charge in [-0.25, -0.2) is 4.79 Å². The van der Waals surface area contributed by atoms with E-state index < -0.39 is 33.6 Å². The summed E-state index contributed by atoms with van der Waals surface area (Å²) in [7, 11) is -4.19. The summed E-state index contributed by atoms with van der Waals surface area (Å²) in [6.45, 7) is 24.5. The Hall–Kier alpha value is -0.526. The van der Waals surface area contributed by atoms with Crippen molar-refractivity contribution in [2.45, 2.75) is 114 Å².